The highest BCUT2D eigenvalue weighted by Gasteiger charge is 2.05. The maximum Gasteiger partial charge on any atom is 0.251 e. The molecule has 1 amide bonds. The second kappa shape index (κ2) is 6.91. The Hall–Kier alpha value is -2.07. The van der Waals surface area contributed by atoms with Gasteiger partial charge in [0.1, 0.15) is 0 Å². The van der Waals surface area contributed by atoms with E-state index < -0.39 is 0 Å². The Labute approximate surface area is 122 Å². The maximum absolute atomic E-state index is 12.0. The van der Waals surface area contributed by atoms with Gasteiger partial charge >= 0.3 is 0 Å². The van der Waals surface area contributed by atoms with Gasteiger partial charge in [0.2, 0.25) is 5.88 Å². The number of halogens is 1. The van der Waals surface area contributed by atoms with E-state index in [1.807, 2.05) is 18.2 Å². The van der Waals surface area contributed by atoms with Gasteiger partial charge in [-0.25, -0.2) is 4.98 Å². The zero-order chi connectivity index (χ0) is 14.4. The van der Waals surface area contributed by atoms with Gasteiger partial charge in [-0.15, -0.1) is 11.6 Å². The molecule has 2 rings (SSSR count). The molecule has 0 spiro atoms. The number of rotatable bonds is 5. The molecule has 0 saturated heterocycles. The van der Waals surface area contributed by atoms with Gasteiger partial charge in [-0.05, 0) is 29.3 Å². The van der Waals surface area contributed by atoms with Crippen LogP contribution in [0.2, 0.25) is 0 Å². The van der Waals surface area contributed by atoms with Crippen molar-refractivity contribution in [2.45, 2.75) is 12.4 Å². The quantitative estimate of drug-likeness (QED) is 0.862. The summed E-state index contributed by atoms with van der Waals surface area (Å²) in [4.78, 5) is 16.0. The van der Waals surface area contributed by atoms with E-state index in [0.717, 1.165) is 11.1 Å². The van der Waals surface area contributed by atoms with E-state index in [4.69, 9.17) is 16.3 Å². The lowest BCUT2D eigenvalue weighted by Gasteiger charge is -2.07. The molecule has 1 heterocycles. The molecule has 0 radical (unpaired) electrons. The fraction of sp³-hybridized carbons (Fsp3) is 0.200. The van der Waals surface area contributed by atoms with Crippen molar-refractivity contribution in [3.8, 4) is 5.88 Å². The summed E-state index contributed by atoms with van der Waals surface area (Å²) in [5, 5.41) is 2.85. The summed E-state index contributed by atoms with van der Waals surface area (Å²) >= 11 is 5.71. The summed E-state index contributed by atoms with van der Waals surface area (Å²) in [7, 11) is 1.56. The predicted molar refractivity (Wildman–Crippen MR) is 78.0 cm³/mol. The average Bonchev–Trinajstić information content (AvgIpc) is 2.53. The molecule has 0 atom stereocenters. The zero-order valence-electron chi connectivity index (χ0n) is 11.1. The average molecular weight is 291 g/mol. The number of ether oxygens (including phenoxy) is 1. The number of pyridine rings is 1. The molecule has 1 N–H and O–H groups in total. The molecular weight excluding hydrogens is 276 g/mol. The Balaban J connectivity index is 1.97. The number of nitrogens with zero attached hydrogens (tertiary/aromatic N) is 1. The van der Waals surface area contributed by atoms with E-state index in [9.17, 15) is 4.79 Å². The molecule has 0 aliphatic heterocycles. The lowest BCUT2D eigenvalue weighted by molar-refractivity contribution is 0.0951. The Morgan fingerprint density at radius 1 is 1.25 bits per heavy atom. The van der Waals surface area contributed by atoms with Crippen molar-refractivity contribution >= 4 is 17.5 Å². The van der Waals surface area contributed by atoms with Gasteiger partial charge < -0.3 is 10.1 Å². The number of amides is 1. The van der Waals surface area contributed by atoms with E-state index in [2.05, 4.69) is 10.3 Å². The number of carbonyl (C=O) groups is 1. The lowest BCUT2D eigenvalue weighted by Crippen LogP contribution is -2.22. The summed E-state index contributed by atoms with van der Waals surface area (Å²) in [5.41, 5.74) is 2.53. The zero-order valence-corrected chi connectivity index (χ0v) is 11.9. The molecule has 0 fully saturated rings. The first-order chi connectivity index (χ1) is 9.72. The smallest absolute Gasteiger partial charge is 0.251 e. The van der Waals surface area contributed by atoms with Gasteiger partial charge in [0, 0.05) is 30.3 Å². The molecule has 104 valence electrons. The van der Waals surface area contributed by atoms with Gasteiger partial charge in [-0.3, -0.25) is 4.79 Å². The minimum atomic E-state index is -0.123. The van der Waals surface area contributed by atoms with Crippen molar-refractivity contribution in [1.82, 2.24) is 10.3 Å². The predicted octanol–water partition coefficient (Wildman–Crippen LogP) is 2.76. The third-order valence-electron chi connectivity index (χ3n) is 2.83. The first-order valence-electron chi connectivity index (χ1n) is 6.15. The van der Waals surface area contributed by atoms with E-state index in [0.29, 0.717) is 23.9 Å². The van der Waals surface area contributed by atoms with Crippen LogP contribution in [0.15, 0.2) is 42.6 Å². The summed E-state index contributed by atoms with van der Waals surface area (Å²) in [5.74, 6) is 0.851. The number of alkyl halides is 1. The number of carbonyl (C=O) groups excluding carboxylic acids is 1. The van der Waals surface area contributed by atoms with Crippen molar-refractivity contribution in [1.29, 1.82) is 0 Å². The minimum absolute atomic E-state index is 0.123. The summed E-state index contributed by atoms with van der Waals surface area (Å²) in [6.07, 6.45) is 1.65. The van der Waals surface area contributed by atoms with Gasteiger partial charge in [0.05, 0.1) is 7.11 Å². The van der Waals surface area contributed by atoms with Crippen LogP contribution in [0.3, 0.4) is 0 Å². The van der Waals surface area contributed by atoms with Crippen LogP contribution in [0.1, 0.15) is 21.5 Å². The number of methoxy groups -OCH3 is 1. The second-order valence-corrected chi connectivity index (χ2v) is 4.49. The van der Waals surface area contributed by atoms with Crippen LogP contribution in [-0.2, 0) is 12.4 Å². The molecule has 4 nitrogen and oxygen atoms in total. The number of aromatic nitrogens is 1. The standard InChI is InChI=1S/C15H15ClN2O2/c1-20-14-8-12(6-7-17-14)10-18-15(19)13-4-2-11(9-16)3-5-13/h2-8H,9-10H2,1H3,(H,18,19). The van der Waals surface area contributed by atoms with Crippen LogP contribution >= 0.6 is 11.6 Å². The van der Waals surface area contributed by atoms with Gasteiger partial charge in [-0.2, -0.15) is 0 Å². The molecule has 0 aliphatic carbocycles. The van der Waals surface area contributed by atoms with Crippen molar-refractivity contribution in [3.05, 3.63) is 59.3 Å². The Kier molecular flexibility index (Phi) is 4.96. The maximum atomic E-state index is 12.0. The fourth-order valence-corrected chi connectivity index (χ4v) is 1.88. The van der Waals surface area contributed by atoms with E-state index in [1.165, 1.54) is 0 Å². The van der Waals surface area contributed by atoms with Crippen LogP contribution in [0.5, 0.6) is 5.88 Å². The van der Waals surface area contributed by atoms with E-state index in [-0.39, 0.29) is 5.91 Å². The lowest BCUT2D eigenvalue weighted by atomic mass is 10.1. The van der Waals surface area contributed by atoms with Gasteiger partial charge in [0.15, 0.2) is 0 Å². The van der Waals surface area contributed by atoms with Crippen LogP contribution < -0.4 is 10.1 Å². The largest absolute Gasteiger partial charge is 0.481 e. The highest BCUT2D eigenvalue weighted by Crippen LogP contribution is 2.09. The number of benzene rings is 1. The first kappa shape index (κ1) is 14.3. The molecule has 0 unspecified atom stereocenters. The third kappa shape index (κ3) is 3.71. The monoisotopic (exact) mass is 290 g/mol. The Morgan fingerprint density at radius 2 is 2.00 bits per heavy atom. The highest BCUT2D eigenvalue weighted by molar-refractivity contribution is 6.17. The number of hydrogen-bond acceptors (Lipinski definition) is 3. The van der Waals surface area contributed by atoms with Gasteiger partial charge in [0.25, 0.3) is 5.91 Å². The SMILES string of the molecule is COc1cc(CNC(=O)c2ccc(CCl)cc2)ccn1. The van der Waals surface area contributed by atoms with Crippen LogP contribution in [0.4, 0.5) is 0 Å². The number of nitrogens with one attached hydrogen (secondary N) is 1. The second-order valence-electron chi connectivity index (χ2n) is 4.22. The van der Waals surface area contributed by atoms with Crippen molar-refractivity contribution in [3.63, 3.8) is 0 Å². The number of hydrogen-bond donors (Lipinski definition) is 1. The van der Waals surface area contributed by atoms with E-state index in [1.54, 1.807) is 31.5 Å². The molecule has 1 aromatic carbocycles. The molecule has 5 heteroatoms. The normalized spacial score (nSPS) is 10.1. The molecule has 20 heavy (non-hydrogen) atoms. The third-order valence-corrected chi connectivity index (χ3v) is 3.14. The molecule has 2 aromatic rings. The molecule has 1 aromatic heterocycles. The molecule has 0 bridgehead atoms. The Bertz CT molecular complexity index is 585. The molecule has 0 aliphatic rings. The van der Waals surface area contributed by atoms with Crippen molar-refractivity contribution < 1.29 is 9.53 Å². The van der Waals surface area contributed by atoms with Crippen LogP contribution in [0.25, 0.3) is 0 Å². The Morgan fingerprint density at radius 3 is 2.65 bits per heavy atom. The highest BCUT2D eigenvalue weighted by atomic mass is 35.5. The molecule has 0 saturated carbocycles. The fourth-order valence-electron chi connectivity index (χ4n) is 1.70. The first-order valence-corrected chi connectivity index (χ1v) is 6.68. The summed E-state index contributed by atoms with van der Waals surface area (Å²) in [6.45, 7) is 0.426. The summed E-state index contributed by atoms with van der Waals surface area (Å²) in [6, 6.07) is 10.8. The van der Waals surface area contributed by atoms with Crippen LogP contribution in [-0.4, -0.2) is 18.0 Å². The molecular formula is C15H15ClN2O2. The van der Waals surface area contributed by atoms with E-state index >= 15 is 0 Å². The van der Waals surface area contributed by atoms with Gasteiger partial charge in [-0.1, -0.05) is 12.1 Å². The summed E-state index contributed by atoms with van der Waals surface area (Å²) < 4.78 is 5.04. The topological polar surface area (TPSA) is 51.2 Å². The van der Waals surface area contributed by atoms with Crippen molar-refractivity contribution in [2.24, 2.45) is 0 Å². The van der Waals surface area contributed by atoms with Crippen molar-refractivity contribution in [2.75, 3.05) is 7.11 Å². The minimum Gasteiger partial charge on any atom is -0.481 e. The van der Waals surface area contributed by atoms with Crippen LogP contribution in [0, 0.1) is 0 Å².